The fraction of sp³-hybridized carbons (Fsp3) is 0.158. The van der Waals surface area contributed by atoms with Crippen LogP contribution in [0.2, 0.25) is 0 Å². The largest absolute Gasteiger partial charge is 0.344 e. The van der Waals surface area contributed by atoms with E-state index in [4.69, 9.17) is 0 Å². The quantitative estimate of drug-likeness (QED) is 0.644. The Morgan fingerprint density at radius 2 is 1.50 bits per heavy atom. The molecule has 3 aromatic carbocycles. The van der Waals surface area contributed by atoms with Crippen LogP contribution in [0.4, 0.5) is 11.4 Å². The van der Waals surface area contributed by atoms with E-state index in [1.54, 1.807) is 0 Å². The molecule has 1 aliphatic rings. The normalized spacial score (nSPS) is 12.8. The second-order valence-corrected chi connectivity index (χ2v) is 5.48. The van der Waals surface area contributed by atoms with Gasteiger partial charge in [0.2, 0.25) is 0 Å². The van der Waals surface area contributed by atoms with Gasteiger partial charge < -0.3 is 4.90 Å². The van der Waals surface area contributed by atoms with E-state index in [1.807, 2.05) is 0 Å². The van der Waals surface area contributed by atoms with E-state index in [1.165, 1.54) is 46.1 Å². The number of rotatable bonds is 2. The summed E-state index contributed by atoms with van der Waals surface area (Å²) in [4.78, 5) is 2.28. The molecule has 0 saturated heterocycles. The first kappa shape index (κ1) is 11.5. The van der Waals surface area contributed by atoms with E-state index in [-0.39, 0.29) is 0 Å². The molecule has 4 rings (SSSR count). The minimum Gasteiger partial charge on any atom is -0.344 e. The lowest BCUT2D eigenvalue weighted by Crippen LogP contribution is -2.09. The molecule has 0 saturated carbocycles. The third-order valence-corrected chi connectivity index (χ3v) is 4.36. The SMILES string of the molecule is CN(c1ccccc1)c1ccc2c3c(cccc13)CC2. The molecule has 0 atom stereocenters. The van der Waals surface area contributed by atoms with Crippen molar-refractivity contribution in [1.29, 1.82) is 0 Å². The van der Waals surface area contributed by atoms with Gasteiger partial charge in [-0.25, -0.2) is 0 Å². The molecule has 0 aromatic heterocycles. The van der Waals surface area contributed by atoms with Gasteiger partial charge in [0, 0.05) is 23.8 Å². The smallest absolute Gasteiger partial charge is 0.0488 e. The standard InChI is InChI=1S/C19H17N/c1-20(16-7-3-2-4-8-16)18-13-12-15-11-10-14-6-5-9-17(18)19(14)15/h2-9,12-13H,10-11H2,1H3. The van der Waals surface area contributed by atoms with Crippen molar-refractivity contribution < 1.29 is 0 Å². The summed E-state index contributed by atoms with van der Waals surface area (Å²) in [5.41, 5.74) is 5.52. The van der Waals surface area contributed by atoms with Crippen LogP contribution >= 0.6 is 0 Å². The van der Waals surface area contributed by atoms with E-state index in [9.17, 15) is 0 Å². The Labute approximate surface area is 119 Å². The van der Waals surface area contributed by atoms with E-state index in [0.29, 0.717) is 0 Å². The molecule has 1 nitrogen and oxygen atoms in total. The summed E-state index contributed by atoms with van der Waals surface area (Å²) >= 11 is 0. The second-order valence-electron chi connectivity index (χ2n) is 5.48. The van der Waals surface area contributed by atoms with E-state index >= 15 is 0 Å². The maximum Gasteiger partial charge on any atom is 0.0488 e. The summed E-state index contributed by atoms with van der Waals surface area (Å²) in [5.74, 6) is 0. The molecule has 1 heteroatoms. The molecule has 98 valence electrons. The van der Waals surface area contributed by atoms with Crippen molar-refractivity contribution in [2.45, 2.75) is 12.8 Å². The highest BCUT2D eigenvalue weighted by atomic mass is 15.1. The van der Waals surface area contributed by atoms with Gasteiger partial charge in [0.25, 0.3) is 0 Å². The summed E-state index contributed by atoms with van der Waals surface area (Å²) < 4.78 is 0. The van der Waals surface area contributed by atoms with Crippen LogP contribution in [-0.4, -0.2) is 7.05 Å². The first-order valence-electron chi connectivity index (χ1n) is 7.17. The van der Waals surface area contributed by atoms with Crippen LogP contribution in [0.15, 0.2) is 60.7 Å². The van der Waals surface area contributed by atoms with Crippen molar-refractivity contribution in [3.8, 4) is 0 Å². The molecule has 0 bridgehead atoms. The van der Waals surface area contributed by atoms with Gasteiger partial charge in [0.1, 0.15) is 0 Å². The molecule has 0 spiro atoms. The van der Waals surface area contributed by atoms with E-state index in [0.717, 1.165) is 0 Å². The number of hydrogen-bond donors (Lipinski definition) is 0. The van der Waals surface area contributed by atoms with Gasteiger partial charge in [-0.1, -0.05) is 42.5 Å². The summed E-state index contributed by atoms with van der Waals surface area (Å²) in [5, 5.41) is 2.86. The molecular weight excluding hydrogens is 242 g/mol. The molecule has 1 aliphatic carbocycles. The number of hydrogen-bond acceptors (Lipinski definition) is 1. The van der Waals surface area contributed by atoms with Crippen LogP contribution in [-0.2, 0) is 12.8 Å². The number of aryl methyl sites for hydroxylation is 2. The lowest BCUT2D eigenvalue weighted by molar-refractivity contribution is 1.02. The monoisotopic (exact) mass is 259 g/mol. The van der Waals surface area contributed by atoms with Gasteiger partial charge in [0.15, 0.2) is 0 Å². The van der Waals surface area contributed by atoms with Crippen molar-refractivity contribution in [2.75, 3.05) is 11.9 Å². The first-order chi connectivity index (χ1) is 9.84. The van der Waals surface area contributed by atoms with Crippen molar-refractivity contribution in [1.82, 2.24) is 0 Å². The van der Waals surface area contributed by atoms with Crippen LogP contribution < -0.4 is 4.90 Å². The average Bonchev–Trinajstić information content (AvgIpc) is 2.93. The minimum atomic E-state index is 1.19. The van der Waals surface area contributed by atoms with Crippen molar-refractivity contribution >= 4 is 22.1 Å². The lowest BCUT2D eigenvalue weighted by atomic mass is 10.0. The molecular formula is C19H17N. The molecule has 0 radical (unpaired) electrons. The third kappa shape index (κ3) is 1.63. The molecule has 20 heavy (non-hydrogen) atoms. The van der Waals surface area contributed by atoms with Gasteiger partial charge in [-0.15, -0.1) is 0 Å². The zero-order valence-electron chi connectivity index (χ0n) is 11.6. The first-order valence-corrected chi connectivity index (χ1v) is 7.17. The number of anilines is 2. The molecule has 0 fully saturated rings. The highest BCUT2D eigenvalue weighted by molar-refractivity contribution is 6.00. The van der Waals surface area contributed by atoms with Crippen molar-refractivity contribution in [3.05, 3.63) is 71.8 Å². The lowest BCUT2D eigenvalue weighted by Gasteiger charge is -2.22. The van der Waals surface area contributed by atoms with Gasteiger partial charge in [0.05, 0.1) is 0 Å². The highest BCUT2D eigenvalue weighted by Gasteiger charge is 2.17. The Morgan fingerprint density at radius 1 is 0.750 bits per heavy atom. The Morgan fingerprint density at radius 3 is 2.30 bits per heavy atom. The Balaban J connectivity index is 1.94. The maximum atomic E-state index is 2.30. The zero-order valence-corrected chi connectivity index (χ0v) is 11.6. The summed E-state index contributed by atoms with van der Waals surface area (Å²) in [6, 6.07) is 21.8. The zero-order chi connectivity index (χ0) is 13.5. The van der Waals surface area contributed by atoms with Crippen molar-refractivity contribution in [2.24, 2.45) is 0 Å². The molecule has 3 aromatic rings. The van der Waals surface area contributed by atoms with Crippen LogP contribution in [0.3, 0.4) is 0 Å². The molecule has 0 amide bonds. The second kappa shape index (κ2) is 4.38. The average molecular weight is 259 g/mol. The summed E-state index contributed by atoms with van der Waals surface area (Å²) in [7, 11) is 2.15. The van der Waals surface area contributed by atoms with Gasteiger partial charge in [-0.3, -0.25) is 0 Å². The van der Waals surface area contributed by atoms with Gasteiger partial charge in [-0.2, -0.15) is 0 Å². The molecule has 0 N–H and O–H groups in total. The summed E-state index contributed by atoms with van der Waals surface area (Å²) in [6.45, 7) is 0. The fourth-order valence-electron chi connectivity index (χ4n) is 3.31. The van der Waals surface area contributed by atoms with Crippen LogP contribution in [0, 0.1) is 0 Å². The predicted octanol–water partition coefficient (Wildman–Crippen LogP) is 4.71. The highest BCUT2D eigenvalue weighted by Crippen LogP contribution is 2.38. The topological polar surface area (TPSA) is 3.24 Å². The third-order valence-electron chi connectivity index (χ3n) is 4.36. The Hall–Kier alpha value is -2.28. The minimum absolute atomic E-state index is 1.19. The predicted molar refractivity (Wildman–Crippen MR) is 85.9 cm³/mol. The molecule has 0 heterocycles. The number of para-hydroxylation sites is 1. The molecule has 0 aliphatic heterocycles. The van der Waals surface area contributed by atoms with Crippen LogP contribution in [0.1, 0.15) is 11.1 Å². The fourth-order valence-corrected chi connectivity index (χ4v) is 3.31. The molecule has 0 unspecified atom stereocenters. The maximum absolute atomic E-state index is 2.30. The van der Waals surface area contributed by atoms with Crippen LogP contribution in [0.5, 0.6) is 0 Å². The van der Waals surface area contributed by atoms with Gasteiger partial charge in [-0.05, 0) is 47.6 Å². The summed E-state index contributed by atoms with van der Waals surface area (Å²) in [6.07, 6.45) is 2.37. The van der Waals surface area contributed by atoms with Crippen molar-refractivity contribution in [3.63, 3.8) is 0 Å². The Bertz CT molecular complexity index is 764. The van der Waals surface area contributed by atoms with E-state index < -0.39 is 0 Å². The van der Waals surface area contributed by atoms with E-state index in [2.05, 4.69) is 72.6 Å². The Kier molecular flexibility index (Phi) is 2.53. The number of nitrogens with zero attached hydrogens (tertiary/aromatic N) is 1. The van der Waals surface area contributed by atoms with Gasteiger partial charge >= 0.3 is 0 Å². The number of benzene rings is 3. The van der Waals surface area contributed by atoms with Crippen LogP contribution in [0.25, 0.3) is 10.8 Å².